The third kappa shape index (κ3) is 4.28. The molecule has 0 amide bonds. The first kappa shape index (κ1) is 20.6. The summed E-state index contributed by atoms with van der Waals surface area (Å²) in [6.45, 7) is 0.281. The lowest BCUT2D eigenvalue weighted by atomic mass is 9.55. The number of hydrogen-bond acceptors (Lipinski definition) is 4. The van der Waals surface area contributed by atoms with E-state index in [4.69, 9.17) is 9.47 Å². The molecule has 5 rings (SSSR count). The molecule has 4 heteroatoms. The van der Waals surface area contributed by atoms with Crippen molar-refractivity contribution < 1.29 is 19.1 Å². The van der Waals surface area contributed by atoms with Gasteiger partial charge in [0.15, 0.2) is 0 Å². The van der Waals surface area contributed by atoms with Crippen molar-refractivity contribution in [1.29, 1.82) is 0 Å². The molecule has 2 atom stereocenters. The van der Waals surface area contributed by atoms with E-state index in [-0.39, 0.29) is 29.9 Å². The molecule has 2 aromatic rings. The highest BCUT2D eigenvalue weighted by Crippen LogP contribution is 2.55. The normalized spacial score (nSPS) is 26.0. The van der Waals surface area contributed by atoms with Crippen molar-refractivity contribution in [3.63, 3.8) is 0 Å². The highest BCUT2D eigenvalue weighted by molar-refractivity contribution is 5.79. The maximum atomic E-state index is 13.2. The van der Waals surface area contributed by atoms with Gasteiger partial charge < -0.3 is 9.47 Å². The minimum atomic E-state index is -0.358. The molecular weight excluding hydrogens is 376 g/mol. The molecule has 30 heavy (non-hydrogen) atoms. The largest absolute Gasteiger partial charge is 0.469 e. The van der Waals surface area contributed by atoms with Gasteiger partial charge in [-0.2, -0.15) is 0 Å². The van der Waals surface area contributed by atoms with Gasteiger partial charge in [-0.05, 0) is 61.5 Å². The number of benzene rings is 2. The Morgan fingerprint density at radius 2 is 1.63 bits per heavy atom. The first-order chi connectivity index (χ1) is 14.6. The molecule has 3 aliphatic carbocycles. The molecule has 3 fully saturated rings. The second-order valence-electron chi connectivity index (χ2n) is 8.87. The van der Waals surface area contributed by atoms with Crippen LogP contribution in [0.5, 0.6) is 0 Å². The first-order valence-corrected chi connectivity index (χ1v) is 11.0. The van der Waals surface area contributed by atoms with E-state index in [1.54, 1.807) is 0 Å². The fourth-order valence-electron chi connectivity index (χ4n) is 5.50. The molecule has 0 saturated heterocycles. The number of carbonyl (C=O) groups is 2. The van der Waals surface area contributed by atoms with Crippen LogP contribution in [0, 0.1) is 17.3 Å². The van der Waals surface area contributed by atoms with E-state index in [0.29, 0.717) is 11.8 Å². The molecule has 0 spiro atoms. The van der Waals surface area contributed by atoms with E-state index in [1.165, 1.54) is 7.11 Å². The summed E-state index contributed by atoms with van der Waals surface area (Å²) >= 11 is 0. The van der Waals surface area contributed by atoms with E-state index in [2.05, 4.69) is 0 Å². The van der Waals surface area contributed by atoms with Crippen LogP contribution in [0.4, 0.5) is 0 Å². The third-order valence-corrected chi connectivity index (χ3v) is 7.17. The van der Waals surface area contributed by atoms with Gasteiger partial charge in [-0.3, -0.25) is 9.59 Å². The van der Waals surface area contributed by atoms with Gasteiger partial charge >= 0.3 is 11.9 Å². The van der Waals surface area contributed by atoms with Crippen LogP contribution in [-0.4, -0.2) is 19.0 Å². The van der Waals surface area contributed by atoms with Crippen molar-refractivity contribution in [2.24, 2.45) is 17.3 Å². The summed E-state index contributed by atoms with van der Waals surface area (Å²) in [6, 6.07) is 19.7. The summed E-state index contributed by atoms with van der Waals surface area (Å²) in [6.07, 6.45) is 5.45. The van der Waals surface area contributed by atoms with Crippen LogP contribution in [-0.2, 0) is 25.7 Å². The Balaban J connectivity index is 1.51. The molecule has 0 aromatic heterocycles. The zero-order valence-electron chi connectivity index (χ0n) is 17.6. The van der Waals surface area contributed by atoms with Crippen molar-refractivity contribution in [3.8, 4) is 0 Å². The number of fused-ring (bicyclic) bond motifs is 3. The van der Waals surface area contributed by atoms with Crippen molar-refractivity contribution >= 4 is 11.9 Å². The van der Waals surface area contributed by atoms with Gasteiger partial charge in [0.25, 0.3) is 0 Å². The van der Waals surface area contributed by atoms with Crippen LogP contribution in [0.15, 0.2) is 60.7 Å². The Kier molecular flexibility index (Phi) is 6.21. The highest BCUT2D eigenvalue weighted by Gasteiger charge is 2.51. The van der Waals surface area contributed by atoms with Gasteiger partial charge in [0.05, 0.1) is 18.4 Å². The lowest BCUT2D eigenvalue weighted by Crippen LogP contribution is -2.46. The van der Waals surface area contributed by atoms with Crippen LogP contribution in [0.1, 0.15) is 55.6 Å². The lowest BCUT2D eigenvalue weighted by Gasteiger charge is -2.49. The molecular formula is C26H30O4. The number of esters is 2. The third-order valence-electron chi connectivity index (χ3n) is 7.17. The summed E-state index contributed by atoms with van der Waals surface area (Å²) in [7, 11) is 1.49. The average Bonchev–Trinajstić information content (AvgIpc) is 2.82. The second-order valence-corrected chi connectivity index (χ2v) is 8.87. The average molecular weight is 407 g/mol. The maximum absolute atomic E-state index is 13.2. The molecule has 3 aliphatic rings. The van der Waals surface area contributed by atoms with Gasteiger partial charge in [0, 0.05) is 0 Å². The van der Waals surface area contributed by atoms with Crippen LogP contribution >= 0.6 is 0 Å². The van der Waals surface area contributed by atoms with Crippen LogP contribution < -0.4 is 0 Å². The fraction of sp³-hybridized carbons (Fsp3) is 0.462. The zero-order chi connectivity index (χ0) is 21.0. The van der Waals surface area contributed by atoms with Gasteiger partial charge in [-0.25, -0.2) is 0 Å². The summed E-state index contributed by atoms with van der Waals surface area (Å²) in [5.41, 5.74) is 1.62. The number of methoxy groups -OCH3 is 1. The van der Waals surface area contributed by atoms with Crippen molar-refractivity contribution in [1.82, 2.24) is 0 Å². The van der Waals surface area contributed by atoms with E-state index in [0.717, 1.165) is 49.7 Å². The summed E-state index contributed by atoms with van der Waals surface area (Å²) in [5.74, 6) is 0.340. The van der Waals surface area contributed by atoms with E-state index in [9.17, 15) is 9.59 Å². The second kappa shape index (κ2) is 9.03. The molecule has 3 saturated carbocycles. The summed E-state index contributed by atoms with van der Waals surface area (Å²) in [5, 5.41) is 0. The van der Waals surface area contributed by atoms with Gasteiger partial charge in [-0.15, -0.1) is 0 Å². The van der Waals surface area contributed by atoms with Gasteiger partial charge in [0.1, 0.15) is 6.61 Å². The Labute approximate surface area is 178 Å². The number of carbonyl (C=O) groups excluding carboxylic acids is 2. The molecule has 158 valence electrons. The molecule has 0 N–H and O–H groups in total. The SMILES string of the molecule is COC(=O)C12CCC(CC1)[C@@H](C[C@@H](C(=O)OCc1ccccc1)c1ccccc1)C2. The topological polar surface area (TPSA) is 52.6 Å². The molecule has 0 heterocycles. The molecule has 0 unspecified atom stereocenters. The first-order valence-electron chi connectivity index (χ1n) is 11.0. The van der Waals surface area contributed by atoms with Crippen molar-refractivity contribution in [2.45, 2.75) is 51.0 Å². The Hall–Kier alpha value is -2.62. The smallest absolute Gasteiger partial charge is 0.313 e. The molecule has 2 aromatic carbocycles. The van der Waals surface area contributed by atoms with E-state index in [1.807, 2.05) is 60.7 Å². The standard InChI is InChI=1S/C26H30O4/c1-29-25(28)26-14-12-20(13-15-26)22(17-26)16-23(21-10-6-3-7-11-21)24(27)30-18-19-8-4-2-5-9-19/h2-11,20,22-23H,12-18H2,1H3/t20?,22-,23+,26?/m0/s1. The minimum absolute atomic E-state index is 0.0754. The highest BCUT2D eigenvalue weighted by atomic mass is 16.5. The fourth-order valence-corrected chi connectivity index (χ4v) is 5.50. The number of hydrogen-bond donors (Lipinski definition) is 0. The quantitative estimate of drug-likeness (QED) is 0.588. The molecule has 2 bridgehead atoms. The minimum Gasteiger partial charge on any atom is -0.469 e. The number of ether oxygens (including phenoxy) is 2. The predicted octanol–water partition coefficient (Wildman–Crippen LogP) is 5.27. The van der Waals surface area contributed by atoms with Gasteiger partial charge in [-0.1, -0.05) is 60.7 Å². The number of rotatable bonds is 7. The van der Waals surface area contributed by atoms with Crippen molar-refractivity contribution in [3.05, 3.63) is 71.8 Å². The maximum Gasteiger partial charge on any atom is 0.313 e. The monoisotopic (exact) mass is 406 g/mol. The van der Waals surface area contributed by atoms with E-state index < -0.39 is 0 Å². The Morgan fingerprint density at radius 1 is 1.00 bits per heavy atom. The van der Waals surface area contributed by atoms with Crippen LogP contribution in [0.25, 0.3) is 0 Å². The molecule has 0 aliphatic heterocycles. The van der Waals surface area contributed by atoms with Crippen molar-refractivity contribution in [2.75, 3.05) is 7.11 Å². The lowest BCUT2D eigenvalue weighted by molar-refractivity contribution is -0.162. The predicted molar refractivity (Wildman–Crippen MR) is 115 cm³/mol. The summed E-state index contributed by atoms with van der Waals surface area (Å²) in [4.78, 5) is 25.7. The van der Waals surface area contributed by atoms with Gasteiger partial charge in [0.2, 0.25) is 0 Å². The summed E-state index contributed by atoms with van der Waals surface area (Å²) < 4.78 is 10.9. The zero-order valence-corrected chi connectivity index (χ0v) is 17.6. The van der Waals surface area contributed by atoms with Crippen LogP contribution in [0.3, 0.4) is 0 Å². The Morgan fingerprint density at radius 3 is 2.27 bits per heavy atom. The molecule has 0 radical (unpaired) electrons. The van der Waals surface area contributed by atoms with Crippen LogP contribution in [0.2, 0.25) is 0 Å². The molecule has 4 nitrogen and oxygen atoms in total. The Bertz CT molecular complexity index is 853. The van der Waals surface area contributed by atoms with E-state index >= 15 is 0 Å².